The molecule has 1 aliphatic carbocycles. The first-order chi connectivity index (χ1) is 13.4. The number of benzene rings is 1. The summed E-state index contributed by atoms with van der Waals surface area (Å²) in [4.78, 5) is 14.8. The first-order valence-corrected chi connectivity index (χ1v) is 9.16. The number of carboxylic acids is 1. The molecule has 0 saturated carbocycles. The Morgan fingerprint density at radius 3 is 2.61 bits per heavy atom. The third kappa shape index (κ3) is 5.24. The van der Waals surface area contributed by atoms with E-state index >= 15 is 0 Å². The standard InChI is InChI=1S/C11H10BrNO2.C9H10N2O2/c12-9-3-1-2-8-4-7(5-10(14)15)6-13-11(8)9;1-12-8-3-6(5-10)7(11)4-9(8)13-2/h2,4,6H,1,3,5H2,(H,14,15);3-4H,11H2,1-2H3. The molecule has 0 unspecified atom stereocenters. The highest BCUT2D eigenvalue weighted by molar-refractivity contribution is 9.14. The molecule has 1 aliphatic rings. The molecule has 3 N–H and O–H groups in total. The van der Waals surface area contributed by atoms with Crippen LogP contribution in [0.5, 0.6) is 11.5 Å². The van der Waals surface area contributed by atoms with Gasteiger partial charge in [0, 0.05) is 22.8 Å². The number of ether oxygens (including phenoxy) is 2. The third-order valence-corrected chi connectivity index (χ3v) is 4.76. The summed E-state index contributed by atoms with van der Waals surface area (Å²) in [5.41, 5.74) is 7.10. The molecule has 146 valence electrons. The fraction of sp³-hybridized carbons (Fsp3) is 0.250. The van der Waals surface area contributed by atoms with Gasteiger partial charge in [-0.15, -0.1) is 0 Å². The number of rotatable bonds is 4. The van der Waals surface area contributed by atoms with E-state index in [1.54, 1.807) is 18.3 Å². The molecule has 3 rings (SSSR count). The number of aliphatic carboxylic acids is 1. The van der Waals surface area contributed by atoms with Crippen LogP contribution < -0.4 is 25.8 Å². The summed E-state index contributed by atoms with van der Waals surface area (Å²) < 4.78 is 11.1. The largest absolute Gasteiger partial charge is 0.493 e. The smallest absolute Gasteiger partial charge is 0.307 e. The summed E-state index contributed by atoms with van der Waals surface area (Å²) in [7, 11) is 3.03. The maximum absolute atomic E-state index is 10.5. The fourth-order valence-corrected chi connectivity index (χ4v) is 3.21. The Bertz CT molecular complexity index is 1040. The molecule has 28 heavy (non-hydrogen) atoms. The van der Waals surface area contributed by atoms with Gasteiger partial charge in [0.2, 0.25) is 0 Å². The van der Waals surface area contributed by atoms with Gasteiger partial charge in [0.1, 0.15) is 6.07 Å². The van der Waals surface area contributed by atoms with Crippen LogP contribution in [0.25, 0.3) is 10.6 Å². The topological polar surface area (TPSA) is 118 Å². The average molecular weight is 446 g/mol. The van der Waals surface area contributed by atoms with E-state index < -0.39 is 5.97 Å². The van der Waals surface area contributed by atoms with Crippen molar-refractivity contribution in [3.05, 3.63) is 46.1 Å². The zero-order valence-electron chi connectivity index (χ0n) is 15.5. The van der Waals surface area contributed by atoms with E-state index in [1.165, 1.54) is 14.2 Å². The number of fused-ring (bicyclic) bond motifs is 1. The Hall–Kier alpha value is -3.05. The van der Waals surface area contributed by atoms with Crippen molar-refractivity contribution in [3.8, 4) is 17.6 Å². The number of carbonyl (C=O) groups is 1. The van der Waals surface area contributed by atoms with Crippen molar-refractivity contribution in [3.63, 3.8) is 0 Å². The van der Waals surface area contributed by atoms with E-state index in [0.717, 1.165) is 33.5 Å². The lowest BCUT2D eigenvalue weighted by Crippen LogP contribution is -2.32. The number of hydrogen-bond donors (Lipinski definition) is 2. The molecular weight excluding hydrogens is 426 g/mol. The number of nitriles is 1. The zero-order chi connectivity index (χ0) is 20.7. The summed E-state index contributed by atoms with van der Waals surface area (Å²) in [5.74, 6) is 0.211. The van der Waals surface area contributed by atoms with E-state index in [-0.39, 0.29) is 6.42 Å². The highest BCUT2D eigenvalue weighted by atomic mass is 79.9. The molecule has 1 aromatic carbocycles. The summed E-state index contributed by atoms with van der Waals surface area (Å²) in [5, 5.41) is 19.3. The molecule has 2 aromatic rings. The summed E-state index contributed by atoms with van der Waals surface area (Å²) in [6, 6.07) is 6.98. The molecule has 8 heteroatoms. The minimum Gasteiger partial charge on any atom is -0.493 e. The minimum atomic E-state index is -0.824. The van der Waals surface area contributed by atoms with Crippen molar-refractivity contribution in [1.29, 1.82) is 5.26 Å². The van der Waals surface area contributed by atoms with Gasteiger partial charge in [-0.3, -0.25) is 9.78 Å². The van der Waals surface area contributed by atoms with Gasteiger partial charge in [0.25, 0.3) is 0 Å². The SMILES string of the molecule is COc1cc(N)c(C#N)cc1OC.O=C(O)Cc1cnc2c(c1)=CCCC=2Br. The number of nitrogens with two attached hydrogens (primary N) is 1. The number of carboxylic acid groups (broad SMARTS) is 1. The monoisotopic (exact) mass is 445 g/mol. The Kier molecular flexibility index (Phi) is 7.41. The third-order valence-electron chi connectivity index (χ3n) is 3.99. The van der Waals surface area contributed by atoms with Gasteiger partial charge >= 0.3 is 5.97 Å². The van der Waals surface area contributed by atoms with E-state index in [9.17, 15) is 4.79 Å². The molecule has 0 saturated heterocycles. The van der Waals surface area contributed by atoms with Crippen LogP contribution in [0.4, 0.5) is 5.69 Å². The predicted octanol–water partition coefficient (Wildman–Crippen LogP) is 1.94. The number of pyridine rings is 1. The van der Waals surface area contributed by atoms with Gasteiger partial charge < -0.3 is 20.3 Å². The molecule has 7 nitrogen and oxygen atoms in total. The average Bonchev–Trinajstić information content (AvgIpc) is 2.68. The van der Waals surface area contributed by atoms with E-state index in [0.29, 0.717) is 22.7 Å². The van der Waals surface area contributed by atoms with E-state index in [4.69, 9.17) is 25.6 Å². The maximum atomic E-state index is 10.5. The van der Waals surface area contributed by atoms with Crippen molar-refractivity contribution in [1.82, 2.24) is 4.98 Å². The van der Waals surface area contributed by atoms with E-state index in [2.05, 4.69) is 27.0 Å². The predicted molar refractivity (Wildman–Crippen MR) is 110 cm³/mol. The molecule has 0 atom stereocenters. The van der Waals surface area contributed by atoms with Crippen molar-refractivity contribution in [2.75, 3.05) is 20.0 Å². The number of aromatic nitrogens is 1. The van der Waals surface area contributed by atoms with Crippen LogP contribution in [0.15, 0.2) is 24.4 Å². The number of anilines is 1. The lowest BCUT2D eigenvalue weighted by molar-refractivity contribution is -0.136. The van der Waals surface area contributed by atoms with Gasteiger partial charge in [0.15, 0.2) is 11.5 Å². The Morgan fingerprint density at radius 1 is 1.32 bits per heavy atom. The molecule has 1 aromatic heterocycles. The van der Waals surface area contributed by atoms with Gasteiger partial charge in [-0.25, -0.2) is 0 Å². The zero-order valence-corrected chi connectivity index (χ0v) is 17.1. The van der Waals surface area contributed by atoms with Gasteiger partial charge in [0.05, 0.1) is 37.2 Å². The van der Waals surface area contributed by atoms with Gasteiger partial charge in [-0.2, -0.15) is 5.26 Å². The number of halogens is 1. The second-order valence-electron chi connectivity index (χ2n) is 5.91. The Balaban J connectivity index is 0.000000203. The van der Waals surface area contributed by atoms with Crippen LogP contribution in [0.2, 0.25) is 0 Å². The maximum Gasteiger partial charge on any atom is 0.307 e. The highest BCUT2D eigenvalue weighted by Crippen LogP contribution is 2.31. The van der Waals surface area contributed by atoms with Gasteiger partial charge in [-0.1, -0.05) is 22.0 Å². The lowest BCUT2D eigenvalue weighted by atomic mass is 10.1. The lowest BCUT2D eigenvalue weighted by Gasteiger charge is -2.08. The number of nitrogens with zero attached hydrogens (tertiary/aromatic N) is 2. The second-order valence-corrected chi connectivity index (χ2v) is 6.86. The van der Waals surface area contributed by atoms with E-state index in [1.807, 2.05) is 12.1 Å². The Labute approximate surface area is 170 Å². The molecule has 0 fully saturated rings. The van der Waals surface area contributed by atoms with Crippen molar-refractivity contribution >= 4 is 38.1 Å². The summed E-state index contributed by atoms with van der Waals surface area (Å²) in [6.07, 6.45) is 5.71. The number of nitrogen functional groups attached to an aromatic ring is 1. The second kappa shape index (κ2) is 9.76. The first kappa shape index (κ1) is 21.3. The minimum absolute atomic E-state index is 0.0335. The van der Waals surface area contributed by atoms with Gasteiger partial charge in [-0.05, 0) is 29.7 Å². The van der Waals surface area contributed by atoms with Crippen LogP contribution in [0.1, 0.15) is 24.0 Å². The first-order valence-electron chi connectivity index (χ1n) is 8.36. The molecule has 0 bridgehead atoms. The van der Waals surface area contributed by atoms with Crippen molar-refractivity contribution in [2.24, 2.45) is 0 Å². The summed E-state index contributed by atoms with van der Waals surface area (Å²) >= 11 is 3.48. The van der Waals surface area contributed by atoms with Crippen molar-refractivity contribution < 1.29 is 19.4 Å². The van der Waals surface area contributed by atoms with Crippen LogP contribution >= 0.6 is 15.9 Å². The molecular formula is C20H20BrN3O4. The summed E-state index contributed by atoms with van der Waals surface area (Å²) in [6.45, 7) is 0. The van der Waals surface area contributed by atoms with Crippen LogP contribution in [0.3, 0.4) is 0 Å². The molecule has 1 heterocycles. The molecule has 0 radical (unpaired) electrons. The Morgan fingerprint density at radius 2 is 2.00 bits per heavy atom. The number of hydrogen-bond acceptors (Lipinski definition) is 6. The normalized spacial score (nSPS) is 11.9. The van der Waals surface area contributed by atoms with Crippen molar-refractivity contribution in [2.45, 2.75) is 19.3 Å². The number of methoxy groups -OCH3 is 2. The van der Waals surface area contributed by atoms with Crippen LogP contribution in [-0.2, 0) is 11.2 Å². The van der Waals surface area contributed by atoms with Crippen LogP contribution in [0, 0.1) is 11.3 Å². The van der Waals surface area contributed by atoms with Crippen LogP contribution in [-0.4, -0.2) is 30.3 Å². The molecule has 0 aliphatic heterocycles. The molecule has 0 amide bonds. The molecule has 0 spiro atoms. The quantitative estimate of drug-likeness (QED) is 0.690. The fourth-order valence-electron chi connectivity index (χ4n) is 2.65. The highest BCUT2D eigenvalue weighted by Gasteiger charge is 2.08.